The normalized spacial score (nSPS) is 19.9. The van der Waals surface area contributed by atoms with Crippen molar-refractivity contribution in [3.05, 3.63) is 75.7 Å². The van der Waals surface area contributed by atoms with Crippen molar-refractivity contribution in [2.45, 2.75) is 25.3 Å². The van der Waals surface area contributed by atoms with Crippen LogP contribution in [0.25, 0.3) is 0 Å². The van der Waals surface area contributed by atoms with E-state index in [1.807, 2.05) is 0 Å². The number of Topliss-reactive ketones (excluding diaryl/α,β-unsaturated/α-hetero) is 1. The predicted molar refractivity (Wildman–Crippen MR) is 115 cm³/mol. The molecule has 148 valence electrons. The molecule has 2 aromatic heterocycles. The van der Waals surface area contributed by atoms with E-state index in [4.69, 9.17) is 4.98 Å². The Morgan fingerprint density at radius 3 is 2.66 bits per heavy atom. The van der Waals surface area contributed by atoms with E-state index in [9.17, 15) is 4.79 Å². The Labute approximate surface area is 175 Å². The molecule has 3 aromatic rings. The minimum Gasteiger partial charge on any atom is -0.330 e. The third-order valence-electron chi connectivity index (χ3n) is 6.02. The average Bonchev–Trinajstić information content (AvgIpc) is 3.30. The lowest BCUT2D eigenvalue weighted by Crippen LogP contribution is -3.13. The summed E-state index contributed by atoms with van der Waals surface area (Å²) < 4.78 is 0. The Hall–Kier alpha value is -2.57. The monoisotopic (exact) mass is 405 g/mol. The lowest BCUT2D eigenvalue weighted by molar-refractivity contribution is -0.914. The predicted octanol–water partition coefficient (Wildman–Crippen LogP) is 2.36. The fourth-order valence-electron chi connectivity index (χ4n) is 4.40. The highest BCUT2D eigenvalue weighted by atomic mass is 32.1. The molecular weight excluding hydrogens is 380 g/mol. The summed E-state index contributed by atoms with van der Waals surface area (Å²) in [7, 11) is 0. The van der Waals surface area contributed by atoms with Gasteiger partial charge in [0.25, 0.3) is 0 Å². The highest BCUT2D eigenvalue weighted by Crippen LogP contribution is 2.34. The van der Waals surface area contributed by atoms with Crippen LogP contribution in [0.5, 0.6) is 0 Å². The van der Waals surface area contributed by atoms with Gasteiger partial charge in [0.15, 0.2) is 5.78 Å². The molecule has 0 bridgehead atoms. The van der Waals surface area contributed by atoms with Gasteiger partial charge in [-0.2, -0.15) is 0 Å². The summed E-state index contributed by atoms with van der Waals surface area (Å²) in [5.41, 5.74) is 3.03. The lowest BCUT2D eigenvalue weighted by atomic mass is 9.86. The van der Waals surface area contributed by atoms with Crippen molar-refractivity contribution in [1.82, 2.24) is 9.97 Å². The number of thiophene rings is 1. The molecule has 3 heterocycles. The SMILES string of the molecule is O=C1C[C@@H](c2cccs2)Cc2nc(N3CC[NH+](Cc4ccccc4)CC3)ncc21. The minimum atomic E-state index is 0.174. The second kappa shape index (κ2) is 8.05. The first-order valence-corrected chi connectivity index (χ1v) is 11.2. The molecule has 1 aromatic carbocycles. The van der Waals surface area contributed by atoms with Crippen LogP contribution in [0.3, 0.4) is 0 Å². The highest BCUT2D eigenvalue weighted by Gasteiger charge is 2.30. The number of hydrogen-bond donors (Lipinski definition) is 1. The van der Waals surface area contributed by atoms with Gasteiger partial charge in [0, 0.05) is 29.0 Å². The Bertz CT molecular complexity index is 981. The Kier molecular flexibility index (Phi) is 5.12. The molecular formula is C23H25N4OS+. The number of nitrogens with zero attached hydrogens (tertiary/aromatic N) is 3. The van der Waals surface area contributed by atoms with Gasteiger partial charge in [-0.3, -0.25) is 4.79 Å². The molecule has 0 saturated carbocycles. The molecule has 5 nitrogen and oxygen atoms in total. The number of anilines is 1. The number of aromatic nitrogens is 2. The molecule has 1 saturated heterocycles. The zero-order valence-corrected chi connectivity index (χ0v) is 17.2. The highest BCUT2D eigenvalue weighted by molar-refractivity contribution is 7.10. The van der Waals surface area contributed by atoms with E-state index in [1.165, 1.54) is 10.4 Å². The molecule has 1 aliphatic carbocycles. The van der Waals surface area contributed by atoms with Gasteiger partial charge >= 0.3 is 0 Å². The Morgan fingerprint density at radius 1 is 1.07 bits per heavy atom. The summed E-state index contributed by atoms with van der Waals surface area (Å²) >= 11 is 1.73. The van der Waals surface area contributed by atoms with Crippen LogP contribution in [0.15, 0.2) is 54.0 Å². The van der Waals surface area contributed by atoms with Gasteiger partial charge < -0.3 is 9.80 Å². The summed E-state index contributed by atoms with van der Waals surface area (Å²) in [4.78, 5) is 27.1. The van der Waals surface area contributed by atoms with E-state index in [-0.39, 0.29) is 11.7 Å². The first-order valence-electron chi connectivity index (χ1n) is 10.3. The second-order valence-electron chi connectivity index (χ2n) is 7.97. The topological polar surface area (TPSA) is 50.5 Å². The number of carbonyl (C=O) groups is 1. The van der Waals surface area contributed by atoms with Crippen LogP contribution >= 0.6 is 11.3 Å². The van der Waals surface area contributed by atoms with E-state index in [1.54, 1.807) is 22.4 Å². The fourth-order valence-corrected chi connectivity index (χ4v) is 5.23. The van der Waals surface area contributed by atoms with Crippen molar-refractivity contribution >= 4 is 23.1 Å². The van der Waals surface area contributed by atoms with Gasteiger partial charge in [0.2, 0.25) is 5.95 Å². The zero-order chi connectivity index (χ0) is 19.6. The van der Waals surface area contributed by atoms with Crippen LogP contribution < -0.4 is 9.80 Å². The molecule has 29 heavy (non-hydrogen) atoms. The van der Waals surface area contributed by atoms with Crippen molar-refractivity contribution in [1.29, 1.82) is 0 Å². The van der Waals surface area contributed by atoms with Gasteiger partial charge in [-0.05, 0) is 17.9 Å². The molecule has 5 rings (SSSR count). The maximum Gasteiger partial charge on any atom is 0.225 e. The first kappa shape index (κ1) is 18.5. The van der Waals surface area contributed by atoms with Crippen LogP contribution in [0.2, 0.25) is 0 Å². The van der Waals surface area contributed by atoms with Crippen LogP contribution in [0.4, 0.5) is 5.95 Å². The van der Waals surface area contributed by atoms with Gasteiger partial charge in [-0.25, -0.2) is 9.97 Å². The molecule has 1 N–H and O–H groups in total. The molecule has 1 aliphatic heterocycles. The average molecular weight is 406 g/mol. The smallest absolute Gasteiger partial charge is 0.225 e. The molecule has 0 radical (unpaired) electrons. The number of benzene rings is 1. The Morgan fingerprint density at radius 2 is 1.90 bits per heavy atom. The number of hydrogen-bond acceptors (Lipinski definition) is 5. The van der Waals surface area contributed by atoms with E-state index >= 15 is 0 Å². The zero-order valence-electron chi connectivity index (χ0n) is 16.4. The summed E-state index contributed by atoms with van der Waals surface area (Å²) in [6.45, 7) is 5.11. The maximum absolute atomic E-state index is 12.6. The van der Waals surface area contributed by atoms with E-state index in [2.05, 4.69) is 57.7 Å². The molecule has 1 fully saturated rings. The van der Waals surface area contributed by atoms with Crippen molar-refractivity contribution in [3.8, 4) is 0 Å². The van der Waals surface area contributed by atoms with Crippen molar-refractivity contribution < 1.29 is 9.69 Å². The van der Waals surface area contributed by atoms with Crippen LogP contribution in [0, 0.1) is 0 Å². The Balaban J connectivity index is 1.27. The number of nitrogens with one attached hydrogen (secondary N) is 1. The molecule has 0 amide bonds. The molecule has 1 atom stereocenters. The first-order chi connectivity index (χ1) is 14.3. The summed E-state index contributed by atoms with van der Waals surface area (Å²) in [6, 6.07) is 14.9. The molecule has 2 aliphatic rings. The molecule has 0 spiro atoms. The van der Waals surface area contributed by atoms with Crippen molar-refractivity contribution in [2.75, 3.05) is 31.1 Å². The summed E-state index contributed by atoms with van der Waals surface area (Å²) in [5.74, 6) is 1.21. The van der Waals surface area contributed by atoms with Gasteiger partial charge in [-0.1, -0.05) is 36.4 Å². The summed E-state index contributed by atoms with van der Waals surface area (Å²) in [6.07, 6.45) is 3.15. The van der Waals surface area contributed by atoms with Crippen LogP contribution in [0.1, 0.15) is 38.8 Å². The van der Waals surface area contributed by atoms with E-state index in [0.29, 0.717) is 6.42 Å². The summed E-state index contributed by atoms with van der Waals surface area (Å²) in [5, 5.41) is 2.08. The van der Waals surface area contributed by atoms with Gasteiger partial charge in [0.1, 0.15) is 6.54 Å². The maximum atomic E-state index is 12.6. The van der Waals surface area contributed by atoms with Crippen LogP contribution in [-0.4, -0.2) is 41.9 Å². The molecule has 6 heteroatoms. The van der Waals surface area contributed by atoms with Gasteiger partial charge in [-0.15, -0.1) is 11.3 Å². The van der Waals surface area contributed by atoms with Crippen molar-refractivity contribution in [3.63, 3.8) is 0 Å². The standard InChI is InChI=1S/C23H24N4OS/c28-21-14-18(22-7-4-12-29-22)13-20-19(21)15-24-23(25-20)27-10-8-26(9-11-27)16-17-5-2-1-3-6-17/h1-7,12,15,18H,8-11,13-14,16H2/p+1/t18-/m0/s1. The third kappa shape index (κ3) is 3.95. The lowest BCUT2D eigenvalue weighted by Gasteiger charge is -2.33. The quantitative estimate of drug-likeness (QED) is 0.724. The molecule has 0 unspecified atom stereocenters. The minimum absolute atomic E-state index is 0.174. The van der Waals surface area contributed by atoms with Gasteiger partial charge in [0.05, 0.1) is 37.4 Å². The second-order valence-corrected chi connectivity index (χ2v) is 8.95. The number of rotatable bonds is 4. The number of carbonyl (C=O) groups excluding carboxylic acids is 1. The largest absolute Gasteiger partial charge is 0.330 e. The van der Waals surface area contributed by atoms with E-state index in [0.717, 1.165) is 56.4 Å². The fraction of sp³-hybridized carbons (Fsp3) is 0.348. The van der Waals surface area contributed by atoms with E-state index < -0.39 is 0 Å². The number of fused-ring (bicyclic) bond motifs is 1. The van der Waals surface area contributed by atoms with Crippen molar-refractivity contribution in [2.24, 2.45) is 0 Å². The number of quaternary nitrogens is 1. The third-order valence-corrected chi connectivity index (χ3v) is 7.06. The van der Waals surface area contributed by atoms with Crippen LogP contribution in [-0.2, 0) is 13.0 Å². The number of piperazine rings is 1. The number of ketones is 1.